The smallest absolute Gasteiger partial charge is 0.252 e. The molecule has 1 aliphatic carbocycles. The van der Waals surface area contributed by atoms with E-state index in [1.165, 1.54) is 6.07 Å². The van der Waals surface area contributed by atoms with Crippen molar-refractivity contribution in [1.82, 2.24) is 0 Å². The molecule has 0 atom stereocenters. The number of halogens is 3. The van der Waals surface area contributed by atoms with Crippen LogP contribution in [0.25, 0.3) is 0 Å². The van der Waals surface area contributed by atoms with Gasteiger partial charge in [-0.1, -0.05) is 6.07 Å². The molecule has 0 saturated heterocycles. The second-order valence-corrected chi connectivity index (χ2v) is 4.93. The zero-order valence-corrected chi connectivity index (χ0v) is 9.80. The van der Waals surface area contributed by atoms with Gasteiger partial charge in [0, 0.05) is 26.9 Å². The summed E-state index contributed by atoms with van der Waals surface area (Å²) in [7, 11) is 3.43. The molecule has 0 bridgehead atoms. The van der Waals surface area contributed by atoms with E-state index in [1.807, 2.05) is 0 Å². The first kappa shape index (κ1) is 12.2. The molecular formula is C12H15F3N2. The van der Waals surface area contributed by atoms with Gasteiger partial charge in [0.15, 0.2) is 0 Å². The SMILES string of the molecule is CN(C)c1ccc(C2(N)CC(F)(F)C2)cc1F. The van der Waals surface area contributed by atoms with E-state index in [1.54, 1.807) is 31.1 Å². The lowest BCUT2D eigenvalue weighted by Gasteiger charge is -2.45. The fourth-order valence-electron chi connectivity index (χ4n) is 2.25. The normalized spacial score (nSPS) is 20.8. The molecule has 1 fully saturated rings. The first-order valence-electron chi connectivity index (χ1n) is 5.38. The topological polar surface area (TPSA) is 29.3 Å². The predicted molar refractivity (Wildman–Crippen MR) is 60.8 cm³/mol. The number of benzene rings is 1. The Morgan fingerprint density at radius 1 is 1.24 bits per heavy atom. The Balaban J connectivity index is 2.27. The second kappa shape index (κ2) is 3.63. The van der Waals surface area contributed by atoms with Gasteiger partial charge in [-0.05, 0) is 17.7 Å². The van der Waals surface area contributed by atoms with E-state index < -0.39 is 30.1 Å². The Hall–Kier alpha value is -1.23. The summed E-state index contributed by atoms with van der Waals surface area (Å²) in [5.41, 5.74) is 5.60. The van der Waals surface area contributed by atoms with Crippen LogP contribution in [0, 0.1) is 5.82 Å². The zero-order valence-electron chi connectivity index (χ0n) is 9.80. The molecule has 0 amide bonds. The van der Waals surface area contributed by atoms with Crippen LogP contribution in [-0.2, 0) is 5.54 Å². The van der Waals surface area contributed by atoms with Gasteiger partial charge in [-0.2, -0.15) is 0 Å². The molecular weight excluding hydrogens is 229 g/mol. The quantitative estimate of drug-likeness (QED) is 0.866. The Kier molecular flexibility index (Phi) is 2.61. The maximum atomic E-state index is 13.7. The molecule has 2 N–H and O–H groups in total. The molecule has 1 aromatic rings. The molecule has 94 valence electrons. The first-order valence-corrected chi connectivity index (χ1v) is 5.38. The van der Waals surface area contributed by atoms with Crippen molar-refractivity contribution in [2.45, 2.75) is 24.3 Å². The fourth-order valence-corrected chi connectivity index (χ4v) is 2.25. The Morgan fingerprint density at radius 2 is 1.82 bits per heavy atom. The van der Waals surface area contributed by atoms with Gasteiger partial charge in [-0.25, -0.2) is 13.2 Å². The average molecular weight is 244 g/mol. The van der Waals surface area contributed by atoms with Crippen molar-refractivity contribution in [2.24, 2.45) is 5.73 Å². The number of anilines is 1. The summed E-state index contributed by atoms with van der Waals surface area (Å²) in [4.78, 5) is 1.62. The minimum Gasteiger partial charge on any atom is -0.375 e. The first-order chi connectivity index (χ1) is 7.73. The summed E-state index contributed by atoms with van der Waals surface area (Å²) >= 11 is 0. The van der Waals surface area contributed by atoms with Gasteiger partial charge in [-0.3, -0.25) is 0 Å². The van der Waals surface area contributed by atoms with Gasteiger partial charge in [0.1, 0.15) is 5.82 Å². The van der Waals surface area contributed by atoms with Crippen molar-refractivity contribution in [3.63, 3.8) is 0 Å². The van der Waals surface area contributed by atoms with Crippen LogP contribution in [-0.4, -0.2) is 20.0 Å². The third-order valence-electron chi connectivity index (χ3n) is 3.15. The van der Waals surface area contributed by atoms with Crippen molar-refractivity contribution >= 4 is 5.69 Å². The molecule has 1 saturated carbocycles. The number of rotatable bonds is 2. The molecule has 2 rings (SSSR count). The number of nitrogens with zero attached hydrogens (tertiary/aromatic N) is 1. The minimum atomic E-state index is -2.72. The molecule has 17 heavy (non-hydrogen) atoms. The highest BCUT2D eigenvalue weighted by Crippen LogP contribution is 2.50. The number of alkyl halides is 2. The molecule has 0 unspecified atom stereocenters. The fraction of sp³-hybridized carbons (Fsp3) is 0.500. The number of hydrogen-bond acceptors (Lipinski definition) is 2. The van der Waals surface area contributed by atoms with Gasteiger partial charge in [0.2, 0.25) is 0 Å². The van der Waals surface area contributed by atoms with Crippen LogP contribution in [0.5, 0.6) is 0 Å². The largest absolute Gasteiger partial charge is 0.375 e. The van der Waals surface area contributed by atoms with Crippen molar-refractivity contribution < 1.29 is 13.2 Å². The molecule has 0 aliphatic heterocycles. The lowest BCUT2D eigenvalue weighted by molar-refractivity contribution is -0.125. The average Bonchev–Trinajstić information content (AvgIpc) is 2.13. The highest BCUT2D eigenvalue weighted by Gasteiger charge is 2.55. The molecule has 1 aliphatic rings. The molecule has 5 heteroatoms. The van der Waals surface area contributed by atoms with Crippen LogP contribution in [0.2, 0.25) is 0 Å². The maximum Gasteiger partial charge on any atom is 0.252 e. The monoisotopic (exact) mass is 244 g/mol. The van der Waals surface area contributed by atoms with Crippen molar-refractivity contribution in [3.05, 3.63) is 29.6 Å². The van der Waals surface area contributed by atoms with E-state index in [0.29, 0.717) is 11.3 Å². The summed E-state index contributed by atoms with van der Waals surface area (Å²) in [5.74, 6) is -3.15. The van der Waals surface area contributed by atoms with Gasteiger partial charge < -0.3 is 10.6 Å². The van der Waals surface area contributed by atoms with Gasteiger partial charge in [0.25, 0.3) is 5.92 Å². The number of hydrogen-bond donors (Lipinski definition) is 1. The summed E-state index contributed by atoms with van der Waals surface area (Å²) in [6.07, 6.45) is -0.832. The maximum absolute atomic E-state index is 13.7. The van der Waals surface area contributed by atoms with E-state index in [0.717, 1.165) is 0 Å². The predicted octanol–water partition coefficient (Wildman–Crippen LogP) is 2.47. The van der Waals surface area contributed by atoms with Gasteiger partial charge in [-0.15, -0.1) is 0 Å². The van der Waals surface area contributed by atoms with E-state index in [9.17, 15) is 13.2 Å². The molecule has 2 nitrogen and oxygen atoms in total. The van der Waals surface area contributed by atoms with Crippen LogP contribution in [0.3, 0.4) is 0 Å². The van der Waals surface area contributed by atoms with Crippen LogP contribution in [0.4, 0.5) is 18.9 Å². The van der Waals surface area contributed by atoms with Crippen LogP contribution >= 0.6 is 0 Å². The van der Waals surface area contributed by atoms with Crippen molar-refractivity contribution in [2.75, 3.05) is 19.0 Å². The van der Waals surface area contributed by atoms with Crippen LogP contribution < -0.4 is 10.6 Å². The summed E-state index contributed by atoms with van der Waals surface area (Å²) in [6.45, 7) is 0. The van der Waals surface area contributed by atoms with Crippen molar-refractivity contribution in [3.8, 4) is 0 Å². The van der Waals surface area contributed by atoms with Crippen LogP contribution in [0.1, 0.15) is 18.4 Å². The van der Waals surface area contributed by atoms with Crippen LogP contribution in [0.15, 0.2) is 18.2 Å². The lowest BCUT2D eigenvalue weighted by atomic mass is 9.70. The standard InChI is InChI=1S/C12H15F3N2/c1-17(2)10-4-3-8(5-9(10)13)11(16)6-12(14,15)7-11/h3-5H,6-7,16H2,1-2H3. The third-order valence-corrected chi connectivity index (χ3v) is 3.15. The summed E-state index contributed by atoms with van der Waals surface area (Å²) in [5, 5.41) is 0. The Bertz CT molecular complexity index is 435. The zero-order chi connectivity index (χ0) is 12.8. The lowest BCUT2D eigenvalue weighted by Crippen LogP contribution is -2.55. The number of nitrogens with two attached hydrogens (primary N) is 1. The Morgan fingerprint density at radius 3 is 2.24 bits per heavy atom. The van der Waals surface area contributed by atoms with E-state index >= 15 is 0 Å². The highest BCUT2D eigenvalue weighted by atomic mass is 19.3. The van der Waals surface area contributed by atoms with Gasteiger partial charge in [0.05, 0.1) is 11.2 Å². The molecule has 1 aromatic carbocycles. The van der Waals surface area contributed by atoms with E-state index in [-0.39, 0.29) is 0 Å². The van der Waals surface area contributed by atoms with Gasteiger partial charge >= 0.3 is 0 Å². The molecule has 0 radical (unpaired) electrons. The second-order valence-electron chi connectivity index (χ2n) is 4.93. The summed E-state index contributed by atoms with van der Waals surface area (Å²) in [6, 6.07) is 4.44. The minimum absolute atomic E-state index is 0.416. The Labute approximate surface area is 98.2 Å². The summed E-state index contributed by atoms with van der Waals surface area (Å²) < 4.78 is 39.4. The van der Waals surface area contributed by atoms with Crippen molar-refractivity contribution in [1.29, 1.82) is 0 Å². The highest BCUT2D eigenvalue weighted by molar-refractivity contribution is 5.49. The van der Waals surface area contributed by atoms with E-state index in [4.69, 9.17) is 5.73 Å². The molecule has 0 heterocycles. The third kappa shape index (κ3) is 2.11. The molecule has 0 spiro atoms. The molecule has 0 aromatic heterocycles. The van der Waals surface area contributed by atoms with E-state index in [2.05, 4.69) is 0 Å².